The van der Waals surface area contributed by atoms with E-state index in [9.17, 15) is 14.4 Å². The van der Waals surface area contributed by atoms with E-state index < -0.39 is 0 Å². The van der Waals surface area contributed by atoms with Crippen LogP contribution in [0.2, 0.25) is 0 Å². The van der Waals surface area contributed by atoms with E-state index >= 15 is 0 Å². The Hall–Kier alpha value is -2.41. The van der Waals surface area contributed by atoms with E-state index in [-0.39, 0.29) is 24.3 Å². The topological polar surface area (TPSA) is 87.7 Å². The Morgan fingerprint density at radius 2 is 1.77 bits per heavy atom. The van der Waals surface area contributed by atoms with Crippen LogP contribution in [0.3, 0.4) is 0 Å². The number of rotatable bonds is 7. The fourth-order valence-corrected chi connectivity index (χ4v) is 1.80. The number of nitrogens with zero attached hydrogens (tertiary/aromatic N) is 1. The first-order chi connectivity index (χ1) is 10.4. The standard InChI is InChI=1S/C15H21N3O4/c1-11(19)17-13-4-6-14(7-5-13)18(12(2)20)10-15(21)16-8-9-22-3/h4-7H,8-10H2,1-3H3,(H,16,21)(H,17,19). The third-order valence-corrected chi connectivity index (χ3v) is 2.81. The Kier molecular flexibility index (Phi) is 7.04. The summed E-state index contributed by atoms with van der Waals surface area (Å²) in [6.07, 6.45) is 0. The predicted octanol–water partition coefficient (Wildman–Crippen LogP) is 0.761. The van der Waals surface area contributed by atoms with Crippen molar-refractivity contribution in [2.24, 2.45) is 0 Å². The fraction of sp³-hybridized carbons (Fsp3) is 0.400. The number of carbonyl (C=O) groups excluding carboxylic acids is 3. The first-order valence-electron chi connectivity index (χ1n) is 6.85. The van der Waals surface area contributed by atoms with Crippen LogP contribution in [0, 0.1) is 0 Å². The summed E-state index contributed by atoms with van der Waals surface area (Å²) in [6.45, 7) is 3.54. The summed E-state index contributed by atoms with van der Waals surface area (Å²) in [6, 6.07) is 6.70. The second-order valence-corrected chi connectivity index (χ2v) is 4.68. The molecule has 7 nitrogen and oxygen atoms in total. The van der Waals surface area contributed by atoms with E-state index in [1.807, 2.05) is 0 Å². The lowest BCUT2D eigenvalue weighted by Crippen LogP contribution is -2.40. The number of methoxy groups -OCH3 is 1. The molecule has 0 aliphatic heterocycles. The highest BCUT2D eigenvalue weighted by Crippen LogP contribution is 2.18. The van der Waals surface area contributed by atoms with Gasteiger partial charge in [0.15, 0.2) is 0 Å². The zero-order valence-corrected chi connectivity index (χ0v) is 13.0. The minimum absolute atomic E-state index is 0.0709. The Bertz CT molecular complexity index is 528. The van der Waals surface area contributed by atoms with Crippen molar-refractivity contribution >= 4 is 29.1 Å². The average Bonchev–Trinajstić information content (AvgIpc) is 2.45. The summed E-state index contributed by atoms with van der Waals surface area (Å²) in [5, 5.41) is 5.30. The molecular weight excluding hydrogens is 286 g/mol. The number of anilines is 2. The van der Waals surface area contributed by atoms with Crippen LogP contribution >= 0.6 is 0 Å². The van der Waals surface area contributed by atoms with Crippen LogP contribution in [-0.4, -0.2) is 44.5 Å². The summed E-state index contributed by atoms with van der Waals surface area (Å²) < 4.78 is 4.84. The first kappa shape index (κ1) is 17.6. The van der Waals surface area contributed by atoms with Crippen molar-refractivity contribution in [2.75, 3.05) is 37.0 Å². The van der Waals surface area contributed by atoms with Gasteiger partial charge in [-0.3, -0.25) is 14.4 Å². The molecule has 1 aromatic carbocycles. The molecule has 0 fully saturated rings. The molecule has 1 rings (SSSR count). The normalized spacial score (nSPS) is 9.95. The maximum Gasteiger partial charge on any atom is 0.240 e. The number of amides is 3. The quantitative estimate of drug-likeness (QED) is 0.728. The van der Waals surface area contributed by atoms with E-state index in [4.69, 9.17) is 4.74 Å². The third-order valence-electron chi connectivity index (χ3n) is 2.81. The highest BCUT2D eigenvalue weighted by molar-refractivity contribution is 5.97. The number of carbonyl (C=O) groups is 3. The van der Waals surface area contributed by atoms with Crippen molar-refractivity contribution in [2.45, 2.75) is 13.8 Å². The lowest BCUT2D eigenvalue weighted by atomic mass is 10.2. The first-order valence-corrected chi connectivity index (χ1v) is 6.85. The van der Waals surface area contributed by atoms with Gasteiger partial charge in [0, 0.05) is 38.9 Å². The van der Waals surface area contributed by atoms with Crippen LogP contribution in [0.15, 0.2) is 24.3 Å². The average molecular weight is 307 g/mol. The van der Waals surface area contributed by atoms with Crippen molar-refractivity contribution < 1.29 is 19.1 Å². The molecule has 1 aromatic rings. The second kappa shape index (κ2) is 8.78. The Morgan fingerprint density at radius 1 is 1.14 bits per heavy atom. The fourth-order valence-electron chi connectivity index (χ4n) is 1.80. The molecule has 0 aromatic heterocycles. The predicted molar refractivity (Wildman–Crippen MR) is 83.7 cm³/mol. The van der Waals surface area contributed by atoms with Gasteiger partial charge in [-0.05, 0) is 24.3 Å². The molecular formula is C15H21N3O4. The largest absolute Gasteiger partial charge is 0.383 e. The third kappa shape index (κ3) is 5.92. The lowest BCUT2D eigenvalue weighted by molar-refractivity contribution is -0.123. The molecule has 22 heavy (non-hydrogen) atoms. The van der Waals surface area contributed by atoms with E-state index in [0.29, 0.717) is 24.5 Å². The summed E-state index contributed by atoms with van der Waals surface area (Å²) >= 11 is 0. The monoisotopic (exact) mass is 307 g/mol. The van der Waals surface area contributed by atoms with Crippen molar-refractivity contribution in [1.29, 1.82) is 0 Å². The minimum Gasteiger partial charge on any atom is -0.383 e. The van der Waals surface area contributed by atoms with Crippen LogP contribution in [-0.2, 0) is 19.1 Å². The molecule has 0 atom stereocenters. The van der Waals surface area contributed by atoms with Crippen molar-refractivity contribution in [3.05, 3.63) is 24.3 Å². The zero-order chi connectivity index (χ0) is 16.5. The van der Waals surface area contributed by atoms with Crippen LogP contribution in [0.1, 0.15) is 13.8 Å². The molecule has 7 heteroatoms. The molecule has 3 amide bonds. The molecule has 0 saturated carbocycles. The van der Waals surface area contributed by atoms with Crippen LogP contribution in [0.25, 0.3) is 0 Å². The smallest absolute Gasteiger partial charge is 0.240 e. The highest BCUT2D eigenvalue weighted by Gasteiger charge is 2.15. The van der Waals surface area contributed by atoms with Gasteiger partial charge in [-0.1, -0.05) is 0 Å². The van der Waals surface area contributed by atoms with Gasteiger partial charge in [-0.2, -0.15) is 0 Å². The minimum atomic E-state index is -0.266. The van der Waals surface area contributed by atoms with Crippen LogP contribution in [0.4, 0.5) is 11.4 Å². The Labute approximate surface area is 129 Å². The molecule has 0 heterocycles. The molecule has 0 spiro atoms. The summed E-state index contributed by atoms with van der Waals surface area (Å²) in [7, 11) is 1.55. The second-order valence-electron chi connectivity index (χ2n) is 4.68. The molecule has 0 aliphatic rings. The van der Waals surface area contributed by atoms with Gasteiger partial charge in [-0.25, -0.2) is 0 Å². The van der Waals surface area contributed by atoms with Crippen molar-refractivity contribution in [3.63, 3.8) is 0 Å². The summed E-state index contributed by atoms with van der Waals surface area (Å²) in [4.78, 5) is 35.9. The van der Waals surface area contributed by atoms with Gasteiger partial charge in [0.2, 0.25) is 17.7 Å². The Morgan fingerprint density at radius 3 is 2.27 bits per heavy atom. The summed E-state index contributed by atoms with van der Waals surface area (Å²) in [5.74, 6) is -0.680. The van der Waals surface area contributed by atoms with Gasteiger partial charge in [0.25, 0.3) is 0 Å². The maximum atomic E-state index is 11.8. The zero-order valence-electron chi connectivity index (χ0n) is 13.0. The molecule has 0 bridgehead atoms. The van der Waals surface area contributed by atoms with Gasteiger partial charge < -0.3 is 20.3 Å². The van der Waals surface area contributed by atoms with E-state index in [1.165, 1.54) is 18.7 Å². The Balaban J connectivity index is 2.72. The molecule has 120 valence electrons. The van der Waals surface area contributed by atoms with Crippen molar-refractivity contribution in [3.8, 4) is 0 Å². The molecule has 0 aliphatic carbocycles. The molecule has 0 unspecified atom stereocenters. The van der Waals surface area contributed by atoms with Gasteiger partial charge >= 0.3 is 0 Å². The number of nitrogens with one attached hydrogen (secondary N) is 2. The SMILES string of the molecule is COCCNC(=O)CN(C(C)=O)c1ccc(NC(C)=O)cc1. The van der Waals surface area contributed by atoms with E-state index in [0.717, 1.165) is 0 Å². The number of ether oxygens (including phenoxy) is 1. The van der Waals surface area contributed by atoms with Gasteiger partial charge in [-0.15, -0.1) is 0 Å². The summed E-state index contributed by atoms with van der Waals surface area (Å²) in [5.41, 5.74) is 1.22. The van der Waals surface area contributed by atoms with Gasteiger partial charge in [0.05, 0.1) is 6.61 Å². The molecule has 2 N–H and O–H groups in total. The molecule has 0 radical (unpaired) electrons. The number of benzene rings is 1. The highest BCUT2D eigenvalue weighted by atomic mass is 16.5. The maximum absolute atomic E-state index is 11.8. The number of hydrogen-bond donors (Lipinski definition) is 2. The number of hydrogen-bond acceptors (Lipinski definition) is 4. The van der Waals surface area contributed by atoms with Gasteiger partial charge in [0.1, 0.15) is 6.54 Å². The van der Waals surface area contributed by atoms with E-state index in [2.05, 4.69) is 10.6 Å². The van der Waals surface area contributed by atoms with Crippen molar-refractivity contribution in [1.82, 2.24) is 5.32 Å². The van der Waals surface area contributed by atoms with E-state index in [1.54, 1.807) is 31.4 Å². The van der Waals surface area contributed by atoms with Crippen LogP contribution < -0.4 is 15.5 Å². The lowest BCUT2D eigenvalue weighted by Gasteiger charge is -2.21. The molecule has 0 saturated heterocycles. The van der Waals surface area contributed by atoms with Crippen LogP contribution in [0.5, 0.6) is 0 Å².